The molecule has 0 aliphatic rings. The van der Waals surface area contributed by atoms with Gasteiger partial charge in [0.05, 0.1) is 4.90 Å². The van der Waals surface area contributed by atoms with Crippen LogP contribution >= 0.6 is 0 Å². The van der Waals surface area contributed by atoms with Crippen molar-refractivity contribution in [2.45, 2.75) is 24.3 Å². The predicted molar refractivity (Wildman–Crippen MR) is 134 cm³/mol. The van der Waals surface area contributed by atoms with E-state index in [1.54, 1.807) is 30.6 Å². The maximum atomic E-state index is 13.1. The fraction of sp³-hybridized carbons (Fsp3) is 0.107. The first-order valence-electron chi connectivity index (χ1n) is 11.0. The van der Waals surface area contributed by atoms with Crippen molar-refractivity contribution in [3.05, 3.63) is 109 Å². The Hall–Kier alpha value is -3.54. The summed E-state index contributed by atoms with van der Waals surface area (Å²) in [6.07, 6.45) is 4.04. The monoisotopic (exact) mass is 452 g/mol. The van der Waals surface area contributed by atoms with Crippen LogP contribution in [0.5, 0.6) is 0 Å². The first kappa shape index (κ1) is 21.3. The summed E-state index contributed by atoms with van der Waals surface area (Å²) in [5.74, 6) is 0. The average Bonchev–Trinajstić information content (AvgIpc) is 2.87. The second-order valence-corrected chi connectivity index (χ2v) is 9.86. The van der Waals surface area contributed by atoms with Crippen LogP contribution in [-0.2, 0) is 10.0 Å². The van der Waals surface area contributed by atoms with Crippen LogP contribution in [0.1, 0.15) is 24.9 Å². The van der Waals surface area contributed by atoms with E-state index in [1.165, 1.54) is 10.8 Å². The van der Waals surface area contributed by atoms with Gasteiger partial charge in [-0.25, -0.2) is 13.1 Å². The van der Waals surface area contributed by atoms with Gasteiger partial charge in [0.25, 0.3) is 0 Å². The van der Waals surface area contributed by atoms with Gasteiger partial charge < -0.3 is 0 Å². The van der Waals surface area contributed by atoms with Crippen molar-refractivity contribution in [1.82, 2.24) is 9.71 Å². The maximum absolute atomic E-state index is 13.1. The van der Waals surface area contributed by atoms with Crippen molar-refractivity contribution in [2.75, 3.05) is 0 Å². The molecule has 1 aromatic heterocycles. The quantitative estimate of drug-likeness (QED) is 0.321. The normalized spacial score (nSPS) is 12.8. The lowest BCUT2D eigenvalue weighted by Crippen LogP contribution is -2.28. The van der Waals surface area contributed by atoms with E-state index in [0.29, 0.717) is 6.42 Å². The Balaban J connectivity index is 1.40. The summed E-state index contributed by atoms with van der Waals surface area (Å²) in [6.45, 7) is 1.98. The van der Waals surface area contributed by atoms with Crippen LogP contribution < -0.4 is 4.72 Å². The van der Waals surface area contributed by atoms with Gasteiger partial charge in [-0.3, -0.25) is 4.98 Å². The lowest BCUT2D eigenvalue weighted by atomic mass is 9.98. The van der Waals surface area contributed by atoms with Crippen molar-refractivity contribution >= 4 is 31.6 Å². The number of nitrogens with one attached hydrogen (secondary N) is 1. The number of hydrogen-bond acceptors (Lipinski definition) is 3. The van der Waals surface area contributed by atoms with E-state index >= 15 is 0 Å². The van der Waals surface area contributed by atoms with E-state index in [9.17, 15) is 8.42 Å². The molecule has 0 amide bonds. The standard InChI is InChI=1S/C28H24N2O2S/c1-2-28(30-33(31,32)27-14-13-26-19-29-16-15-25(26)18-27)22-10-7-21(8-11-22)24-12-9-20-5-3-4-6-23(20)17-24/h3-19,28,30H,2H2,1H3. The summed E-state index contributed by atoms with van der Waals surface area (Å²) in [5, 5.41) is 4.17. The van der Waals surface area contributed by atoms with Gasteiger partial charge in [0.1, 0.15) is 0 Å². The largest absolute Gasteiger partial charge is 0.264 e. The Labute approximate surface area is 194 Å². The third-order valence-electron chi connectivity index (χ3n) is 6.02. The van der Waals surface area contributed by atoms with Crippen molar-refractivity contribution in [1.29, 1.82) is 0 Å². The predicted octanol–water partition coefficient (Wildman–Crippen LogP) is 6.48. The summed E-state index contributed by atoms with van der Waals surface area (Å²) < 4.78 is 29.1. The van der Waals surface area contributed by atoms with Gasteiger partial charge in [-0.05, 0) is 63.5 Å². The molecule has 0 aliphatic carbocycles. The zero-order valence-electron chi connectivity index (χ0n) is 18.3. The first-order chi connectivity index (χ1) is 16.0. The second-order valence-electron chi connectivity index (χ2n) is 8.15. The number of sulfonamides is 1. The lowest BCUT2D eigenvalue weighted by Gasteiger charge is -2.18. The Morgan fingerprint density at radius 1 is 0.758 bits per heavy atom. The molecule has 4 nitrogen and oxygen atoms in total. The SMILES string of the molecule is CCC(NS(=O)(=O)c1ccc2cnccc2c1)c1ccc(-c2ccc3ccccc3c2)cc1. The van der Waals surface area contributed by atoms with Crippen molar-refractivity contribution in [3.63, 3.8) is 0 Å². The van der Waals surface area contributed by atoms with Crippen molar-refractivity contribution < 1.29 is 8.42 Å². The highest BCUT2D eigenvalue weighted by molar-refractivity contribution is 7.89. The van der Waals surface area contributed by atoms with Crippen LogP contribution in [0.3, 0.4) is 0 Å². The van der Waals surface area contributed by atoms with Crippen LogP contribution in [0, 0.1) is 0 Å². The third-order valence-corrected chi connectivity index (χ3v) is 7.49. The number of fused-ring (bicyclic) bond motifs is 2. The molecule has 0 spiro atoms. The number of pyridine rings is 1. The molecule has 33 heavy (non-hydrogen) atoms. The minimum Gasteiger partial charge on any atom is -0.264 e. The summed E-state index contributed by atoms with van der Waals surface area (Å²) in [7, 11) is -3.67. The van der Waals surface area contributed by atoms with Gasteiger partial charge in [-0.15, -0.1) is 0 Å². The highest BCUT2D eigenvalue weighted by Crippen LogP contribution is 2.28. The fourth-order valence-electron chi connectivity index (χ4n) is 4.15. The van der Waals surface area contributed by atoms with Gasteiger partial charge in [0, 0.05) is 23.8 Å². The third kappa shape index (κ3) is 4.38. The number of aromatic nitrogens is 1. The maximum Gasteiger partial charge on any atom is 0.241 e. The molecule has 0 aliphatic heterocycles. The summed E-state index contributed by atoms with van der Waals surface area (Å²) >= 11 is 0. The highest BCUT2D eigenvalue weighted by atomic mass is 32.2. The van der Waals surface area contributed by atoms with Gasteiger partial charge >= 0.3 is 0 Å². The van der Waals surface area contributed by atoms with Gasteiger partial charge in [0.15, 0.2) is 0 Å². The minimum atomic E-state index is -3.67. The van der Waals surface area contributed by atoms with Crippen LogP contribution in [0.2, 0.25) is 0 Å². The minimum absolute atomic E-state index is 0.257. The van der Waals surface area contributed by atoms with Crippen LogP contribution in [0.15, 0.2) is 108 Å². The van der Waals surface area contributed by atoms with Crippen LogP contribution in [0.25, 0.3) is 32.7 Å². The number of rotatable bonds is 6. The van der Waals surface area contributed by atoms with Crippen LogP contribution in [-0.4, -0.2) is 13.4 Å². The molecule has 1 heterocycles. The number of benzene rings is 4. The van der Waals surface area contributed by atoms with E-state index in [4.69, 9.17) is 0 Å². The van der Waals surface area contributed by atoms with E-state index in [2.05, 4.69) is 52.2 Å². The van der Waals surface area contributed by atoms with E-state index in [-0.39, 0.29) is 10.9 Å². The zero-order chi connectivity index (χ0) is 22.8. The Bertz CT molecular complexity index is 1540. The molecule has 4 aromatic carbocycles. The second kappa shape index (κ2) is 8.77. The van der Waals surface area contributed by atoms with E-state index in [1.807, 2.05) is 37.3 Å². The van der Waals surface area contributed by atoms with Crippen molar-refractivity contribution in [3.8, 4) is 11.1 Å². The molecule has 1 N–H and O–H groups in total. The molecular formula is C28H24N2O2S. The topological polar surface area (TPSA) is 59.1 Å². The molecule has 5 heteroatoms. The summed E-state index contributed by atoms with van der Waals surface area (Å²) in [6, 6.07) is 29.5. The first-order valence-corrected chi connectivity index (χ1v) is 12.5. The molecule has 1 unspecified atom stereocenters. The highest BCUT2D eigenvalue weighted by Gasteiger charge is 2.20. The molecule has 1 atom stereocenters. The molecule has 0 bridgehead atoms. The lowest BCUT2D eigenvalue weighted by molar-refractivity contribution is 0.550. The smallest absolute Gasteiger partial charge is 0.241 e. The molecule has 0 radical (unpaired) electrons. The number of nitrogens with zero attached hydrogens (tertiary/aromatic N) is 1. The Kier molecular flexibility index (Phi) is 5.67. The molecular weight excluding hydrogens is 428 g/mol. The van der Waals surface area contributed by atoms with E-state index in [0.717, 1.165) is 27.5 Å². The molecule has 0 saturated heterocycles. The summed E-state index contributed by atoms with van der Waals surface area (Å²) in [4.78, 5) is 4.34. The van der Waals surface area contributed by atoms with Gasteiger partial charge in [0.2, 0.25) is 10.0 Å². The summed E-state index contributed by atoms with van der Waals surface area (Å²) in [5.41, 5.74) is 3.18. The van der Waals surface area contributed by atoms with Crippen molar-refractivity contribution in [2.24, 2.45) is 0 Å². The van der Waals surface area contributed by atoms with Crippen LogP contribution in [0.4, 0.5) is 0 Å². The molecule has 5 rings (SSSR count). The average molecular weight is 453 g/mol. The fourth-order valence-corrected chi connectivity index (χ4v) is 5.49. The number of hydrogen-bond donors (Lipinski definition) is 1. The van der Waals surface area contributed by atoms with E-state index < -0.39 is 10.0 Å². The molecule has 0 saturated carbocycles. The Morgan fingerprint density at radius 2 is 1.45 bits per heavy atom. The molecule has 0 fully saturated rings. The van der Waals surface area contributed by atoms with Gasteiger partial charge in [-0.1, -0.05) is 73.7 Å². The molecule has 164 valence electrons. The molecule has 5 aromatic rings. The van der Waals surface area contributed by atoms with Gasteiger partial charge in [-0.2, -0.15) is 0 Å². The zero-order valence-corrected chi connectivity index (χ0v) is 19.1. The Morgan fingerprint density at radius 3 is 2.24 bits per heavy atom.